The van der Waals surface area contributed by atoms with Gasteiger partial charge in [-0.25, -0.2) is 0 Å². The van der Waals surface area contributed by atoms with Crippen molar-refractivity contribution >= 4 is 23.2 Å². The maximum absolute atomic E-state index is 8.46. The van der Waals surface area contributed by atoms with Crippen LogP contribution in [0.2, 0.25) is 5.02 Å². The molecule has 0 bridgehead atoms. The van der Waals surface area contributed by atoms with Gasteiger partial charge in [-0.15, -0.1) is 0 Å². The molecule has 13 heavy (non-hydrogen) atoms. The lowest BCUT2D eigenvalue weighted by atomic mass is 10.1. The van der Waals surface area contributed by atoms with Gasteiger partial charge in [0, 0.05) is 5.02 Å². The molecule has 4 heteroatoms. The van der Waals surface area contributed by atoms with Crippen molar-refractivity contribution in [2.24, 2.45) is 0 Å². The van der Waals surface area contributed by atoms with Gasteiger partial charge in [0.05, 0.1) is 12.5 Å². The van der Waals surface area contributed by atoms with Crippen molar-refractivity contribution < 1.29 is 4.74 Å². The number of nitriles is 1. The van der Waals surface area contributed by atoms with Crippen molar-refractivity contribution in [1.82, 2.24) is 0 Å². The number of nitrogens with zero attached hydrogens (tertiary/aromatic N) is 1. The van der Waals surface area contributed by atoms with Crippen molar-refractivity contribution in [1.29, 1.82) is 5.26 Å². The van der Waals surface area contributed by atoms with Crippen LogP contribution >= 0.6 is 23.2 Å². The van der Waals surface area contributed by atoms with Crippen molar-refractivity contribution in [2.45, 2.75) is 6.42 Å². The van der Waals surface area contributed by atoms with E-state index in [4.69, 9.17) is 33.2 Å². The summed E-state index contributed by atoms with van der Waals surface area (Å²) in [7, 11) is 0. The van der Waals surface area contributed by atoms with Gasteiger partial charge in [0.15, 0.2) is 6.07 Å². The molecule has 1 rings (SSSR count). The highest BCUT2D eigenvalue weighted by atomic mass is 35.5. The van der Waals surface area contributed by atoms with Gasteiger partial charge in [-0.2, -0.15) is 5.26 Å². The third-order valence-electron chi connectivity index (χ3n) is 1.52. The lowest BCUT2D eigenvalue weighted by molar-refractivity contribution is 0.388. The van der Waals surface area contributed by atoms with E-state index in [0.717, 1.165) is 5.56 Å². The molecule has 0 amide bonds. The van der Waals surface area contributed by atoms with Crippen molar-refractivity contribution in [3.05, 3.63) is 28.8 Å². The van der Waals surface area contributed by atoms with Crippen molar-refractivity contribution in [3.63, 3.8) is 0 Å². The molecule has 0 aliphatic rings. The summed E-state index contributed by atoms with van der Waals surface area (Å²) < 4.78 is 5.02. The van der Waals surface area contributed by atoms with Gasteiger partial charge in [-0.05, 0) is 17.7 Å². The van der Waals surface area contributed by atoms with Gasteiger partial charge in [-0.1, -0.05) is 29.3 Å². The Morgan fingerprint density at radius 1 is 1.46 bits per heavy atom. The van der Waals surface area contributed by atoms with Crippen molar-refractivity contribution in [3.8, 4) is 11.8 Å². The highest BCUT2D eigenvalue weighted by Crippen LogP contribution is 2.22. The second-order valence-electron chi connectivity index (χ2n) is 2.34. The minimum Gasteiger partial charge on any atom is -0.478 e. The molecule has 0 radical (unpaired) electrons. The Morgan fingerprint density at radius 2 is 2.23 bits per heavy atom. The highest BCUT2D eigenvalue weighted by molar-refractivity contribution is 6.31. The second-order valence-corrected chi connectivity index (χ2v) is 2.97. The summed E-state index contributed by atoms with van der Waals surface area (Å²) >= 11 is 11.2. The minimum absolute atomic E-state index is 0.0912. The SMILES string of the molecule is N#CCc1ccc(OCCl)cc1Cl. The molecule has 0 N–H and O–H groups in total. The lowest BCUT2D eigenvalue weighted by Gasteiger charge is -2.04. The summed E-state index contributed by atoms with van der Waals surface area (Å²) in [6.07, 6.45) is 0.306. The Morgan fingerprint density at radius 3 is 2.77 bits per heavy atom. The Labute approximate surface area is 86.6 Å². The molecule has 1 aromatic rings. The first-order valence-electron chi connectivity index (χ1n) is 3.62. The standard InChI is InChI=1S/C9H7Cl2NO/c10-6-13-8-2-1-7(3-4-12)9(11)5-8/h1-2,5H,3,6H2. The number of benzene rings is 1. The van der Waals surface area contributed by atoms with E-state index in [9.17, 15) is 0 Å². The van der Waals surface area contributed by atoms with Crippen LogP contribution in [0.25, 0.3) is 0 Å². The van der Waals surface area contributed by atoms with Crippen LogP contribution in [0.3, 0.4) is 0 Å². The summed E-state index contributed by atoms with van der Waals surface area (Å²) in [5.74, 6) is 0.613. The van der Waals surface area contributed by atoms with Crippen LogP contribution < -0.4 is 4.74 Å². The molecule has 0 fully saturated rings. The number of hydrogen-bond donors (Lipinski definition) is 0. The number of rotatable bonds is 3. The summed E-state index contributed by atoms with van der Waals surface area (Å²) in [6.45, 7) is 0. The molecule has 0 unspecified atom stereocenters. The van der Waals surface area contributed by atoms with Crippen LogP contribution in [0.1, 0.15) is 5.56 Å². The second kappa shape index (κ2) is 4.96. The quantitative estimate of drug-likeness (QED) is 0.727. The average Bonchev–Trinajstić information content (AvgIpc) is 2.10. The molecule has 0 atom stereocenters. The van der Waals surface area contributed by atoms with Crippen molar-refractivity contribution in [2.75, 3.05) is 6.07 Å². The fraction of sp³-hybridized carbons (Fsp3) is 0.222. The maximum Gasteiger partial charge on any atom is 0.162 e. The molecular formula is C9H7Cl2NO. The first kappa shape index (κ1) is 10.2. The van der Waals surface area contributed by atoms with E-state index >= 15 is 0 Å². The van der Waals surface area contributed by atoms with Crippen LogP contribution in [0.15, 0.2) is 18.2 Å². The van der Waals surface area contributed by atoms with Gasteiger partial charge < -0.3 is 4.74 Å². The third-order valence-corrected chi connectivity index (χ3v) is 1.98. The molecule has 0 aliphatic heterocycles. The van der Waals surface area contributed by atoms with E-state index in [2.05, 4.69) is 0 Å². The lowest BCUT2D eigenvalue weighted by Crippen LogP contribution is -1.90. The molecule has 0 heterocycles. The van der Waals surface area contributed by atoms with E-state index in [-0.39, 0.29) is 6.07 Å². The first-order chi connectivity index (χ1) is 6.27. The fourth-order valence-electron chi connectivity index (χ4n) is 0.909. The Hall–Kier alpha value is -0.910. The van der Waals surface area contributed by atoms with E-state index < -0.39 is 0 Å². The zero-order valence-electron chi connectivity index (χ0n) is 6.76. The van der Waals surface area contributed by atoms with Gasteiger partial charge in [-0.3, -0.25) is 0 Å². The van der Waals surface area contributed by atoms with Gasteiger partial charge in [0.25, 0.3) is 0 Å². The zero-order chi connectivity index (χ0) is 9.68. The predicted molar refractivity (Wildman–Crippen MR) is 52.1 cm³/mol. The van der Waals surface area contributed by atoms with E-state index in [1.165, 1.54) is 0 Å². The van der Waals surface area contributed by atoms with Crippen LogP contribution in [-0.4, -0.2) is 6.07 Å². The summed E-state index contributed by atoms with van der Waals surface area (Å²) in [6, 6.07) is 7.26. The molecule has 2 nitrogen and oxygen atoms in total. The monoisotopic (exact) mass is 215 g/mol. The number of alkyl halides is 1. The van der Waals surface area contributed by atoms with Gasteiger partial charge in [0.1, 0.15) is 5.75 Å². The summed E-state index contributed by atoms with van der Waals surface area (Å²) in [5, 5.41) is 8.99. The molecule has 0 saturated heterocycles. The number of halogens is 2. The zero-order valence-corrected chi connectivity index (χ0v) is 8.27. The maximum atomic E-state index is 8.46. The topological polar surface area (TPSA) is 33.0 Å². The van der Waals surface area contributed by atoms with Crippen LogP contribution in [0.5, 0.6) is 5.75 Å². The van der Waals surface area contributed by atoms with Crippen LogP contribution in [-0.2, 0) is 6.42 Å². The van der Waals surface area contributed by atoms with E-state index in [1.807, 2.05) is 6.07 Å². The van der Waals surface area contributed by atoms with E-state index in [0.29, 0.717) is 17.2 Å². The highest BCUT2D eigenvalue weighted by Gasteiger charge is 2.01. The third kappa shape index (κ3) is 2.80. The van der Waals surface area contributed by atoms with Crippen LogP contribution in [0.4, 0.5) is 0 Å². The molecule has 1 aromatic carbocycles. The minimum atomic E-state index is 0.0912. The molecule has 0 spiro atoms. The van der Waals surface area contributed by atoms with Gasteiger partial charge >= 0.3 is 0 Å². The molecular weight excluding hydrogens is 209 g/mol. The normalized spacial score (nSPS) is 9.31. The molecule has 0 saturated carbocycles. The summed E-state index contributed by atoms with van der Waals surface area (Å²) in [5.41, 5.74) is 0.797. The summed E-state index contributed by atoms with van der Waals surface area (Å²) in [4.78, 5) is 0. The Bertz CT molecular complexity index is 333. The van der Waals surface area contributed by atoms with Crippen LogP contribution in [0, 0.1) is 11.3 Å². The largest absolute Gasteiger partial charge is 0.478 e. The fourth-order valence-corrected chi connectivity index (χ4v) is 1.27. The van der Waals surface area contributed by atoms with E-state index in [1.54, 1.807) is 18.2 Å². The van der Waals surface area contributed by atoms with Gasteiger partial charge in [0.2, 0.25) is 0 Å². The smallest absolute Gasteiger partial charge is 0.162 e. The first-order valence-corrected chi connectivity index (χ1v) is 4.53. The molecule has 0 aliphatic carbocycles. The number of hydrogen-bond acceptors (Lipinski definition) is 2. The average molecular weight is 216 g/mol. The Kier molecular flexibility index (Phi) is 3.88. The predicted octanol–water partition coefficient (Wildman–Crippen LogP) is 2.98. The Balaban J connectivity index is 2.86. The number of ether oxygens (including phenoxy) is 1. The molecule has 68 valence electrons. The molecule has 0 aromatic heterocycles.